The second-order valence-corrected chi connectivity index (χ2v) is 5.21. The van der Waals surface area contributed by atoms with Crippen LogP contribution in [0.3, 0.4) is 0 Å². The average Bonchev–Trinajstić information content (AvgIpc) is 2.71. The van der Waals surface area contributed by atoms with Gasteiger partial charge in [0.25, 0.3) is 0 Å². The molecule has 1 unspecified atom stereocenters. The monoisotopic (exact) mass is 286 g/mol. The molecule has 0 spiro atoms. The summed E-state index contributed by atoms with van der Waals surface area (Å²) in [7, 11) is 1.54. The number of carbonyl (C=O) groups excluding carboxylic acids is 3. The minimum Gasteiger partial charge on any atom is -0.388 e. The van der Waals surface area contributed by atoms with E-state index < -0.39 is 5.60 Å². The highest BCUT2D eigenvalue weighted by Gasteiger charge is 2.29. The van der Waals surface area contributed by atoms with E-state index in [4.69, 9.17) is 4.74 Å². The van der Waals surface area contributed by atoms with Crippen LogP contribution in [-0.4, -0.2) is 60.1 Å². The maximum absolute atomic E-state index is 11.6. The number of aliphatic hydroxyl groups is 1. The van der Waals surface area contributed by atoms with E-state index in [1.807, 2.05) is 0 Å². The summed E-state index contributed by atoms with van der Waals surface area (Å²) in [6.07, 6.45) is 0.920. The molecule has 0 bridgehead atoms. The van der Waals surface area contributed by atoms with Crippen LogP contribution in [0.4, 0.5) is 0 Å². The highest BCUT2D eigenvalue weighted by Crippen LogP contribution is 2.12. The first kappa shape index (κ1) is 16.6. The van der Waals surface area contributed by atoms with E-state index in [0.717, 1.165) is 4.90 Å². The molecular weight excluding hydrogens is 264 g/mol. The van der Waals surface area contributed by atoms with Gasteiger partial charge in [-0.3, -0.25) is 19.3 Å². The van der Waals surface area contributed by atoms with E-state index in [-0.39, 0.29) is 50.1 Å². The number of nitrogens with one attached hydrogen (secondary N) is 1. The molecule has 1 atom stereocenters. The number of amides is 3. The van der Waals surface area contributed by atoms with Crippen LogP contribution in [0.25, 0.3) is 0 Å². The zero-order chi connectivity index (χ0) is 15.2. The van der Waals surface area contributed by atoms with Crippen LogP contribution in [0.2, 0.25) is 0 Å². The number of hydrogen-bond acceptors (Lipinski definition) is 5. The number of likely N-dealkylation sites (tertiary alicyclic amines) is 1. The molecule has 1 fully saturated rings. The summed E-state index contributed by atoms with van der Waals surface area (Å²) in [5.41, 5.74) is -1.04. The predicted octanol–water partition coefficient (Wildman–Crippen LogP) is -0.571. The van der Waals surface area contributed by atoms with Gasteiger partial charge in [-0.15, -0.1) is 0 Å². The number of hydrogen-bond donors (Lipinski definition) is 2. The van der Waals surface area contributed by atoms with Crippen molar-refractivity contribution in [1.29, 1.82) is 0 Å². The summed E-state index contributed by atoms with van der Waals surface area (Å²) in [6.45, 7) is 2.22. The lowest BCUT2D eigenvalue weighted by Gasteiger charge is -2.23. The van der Waals surface area contributed by atoms with Crippen LogP contribution < -0.4 is 5.32 Å². The molecule has 0 saturated carbocycles. The molecular formula is C13H22N2O5. The lowest BCUT2D eigenvalue weighted by Crippen LogP contribution is -2.42. The molecule has 2 N–H and O–H groups in total. The Morgan fingerprint density at radius 3 is 2.55 bits per heavy atom. The summed E-state index contributed by atoms with van der Waals surface area (Å²) in [5.74, 6) is -0.750. The fraction of sp³-hybridized carbons (Fsp3) is 0.769. The minimum absolute atomic E-state index is 0.0534. The summed E-state index contributed by atoms with van der Waals surface area (Å²) in [6, 6.07) is 0. The lowest BCUT2D eigenvalue weighted by atomic mass is 10.0. The van der Waals surface area contributed by atoms with Gasteiger partial charge in [-0.25, -0.2) is 0 Å². The number of ether oxygens (including phenoxy) is 1. The largest absolute Gasteiger partial charge is 0.388 e. The van der Waals surface area contributed by atoms with E-state index in [2.05, 4.69) is 5.32 Å². The van der Waals surface area contributed by atoms with Gasteiger partial charge in [0.15, 0.2) is 0 Å². The number of rotatable bonds is 8. The van der Waals surface area contributed by atoms with Crippen molar-refractivity contribution in [3.63, 3.8) is 0 Å². The van der Waals surface area contributed by atoms with E-state index in [9.17, 15) is 19.5 Å². The quantitative estimate of drug-likeness (QED) is 0.583. The van der Waals surface area contributed by atoms with Gasteiger partial charge in [0.1, 0.15) is 0 Å². The first-order valence-electron chi connectivity index (χ1n) is 6.67. The molecule has 20 heavy (non-hydrogen) atoms. The van der Waals surface area contributed by atoms with Crippen LogP contribution in [0, 0.1) is 0 Å². The van der Waals surface area contributed by atoms with Gasteiger partial charge in [0.05, 0.1) is 5.60 Å². The van der Waals surface area contributed by atoms with Crippen molar-refractivity contribution in [3.05, 3.63) is 0 Å². The first-order chi connectivity index (χ1) is 9.35. The fourth-order valence-corrected chi connectivity index (χ4v) is 1.87. The fourth-order valence-electron chi connectivity index (χ4n) is 1.87. The van der Waals surface area contributed by atoms with E-state index in [1.54, 1.807) is 14.0 Å². The summed E-state index contributed by atoms with van der Waals surface area (Å²) in [4.78, 5) is 35.4. The second kappa shape index (κ2) is 7.35. The molecule has 7 nitrogen and oxygen atoms in total. The molecule has 0 radical (unpaired) electrons. The Hall–Kier alpha value is -1.47. The van der Waals surface area contributed by atoms with Gasteiger partial charge in [-0.05, 0) is 6.92 Å². The maximum atomic E-state index is 11.6. The van der Waals surface area contributed by atoms with Crippen LogP contribution in [-0.2, 0) is 19.1 Å². The number of methoxy groups -OCH3 is 1. The van der Waals surface area contributed by atoms with Crippen LogP contribution in [0.5, 0.6) is 0 Å². The molecule has 0 aromatic rings. The Morgan fingerprint density at radius 1 is 1.40 bits per heavy atom. The van der Waals surface area contributed by atoms with Gasteiger partial charge < -0.3 is 15.2 Å². The second-order valence-electron chi connectivity index (χ2n) is 5.21. The zero-order valence-electron chi connectivity index (χ0n) is 12.0. The highest BCUT2D eigenvalue weighted by molar-refractivity contribution is 6.02. The molecule has 0 aliphatic carbocycles. The number of imide groups is 1. The molecule has 7 heteroatoms. The van der Waals surface area contributed by atoms with Crippen molar-refractivity contribution >= 4 is 17.7 Å². The molecule has 0 aromatic carbocycles. The summed E-state index contributed by atoms with van der Waals surface area (Å²) >= 11 is 0. The van der Waals surface area contributed by atoms with E-state index in [0.29, 0.717) is 13.0 Å². The van der Waals surface area contributed by atoms with Crippen molar-refractivity contribution in [2.45, 2.75) is 38.2 Å². The first-order valence-corrected chi connectivity index (χ1v) is 6.67. The average molecular weight is 286 g/mol. The lowest BCUT2D eigenvalue weighted by molar-refractivity contribution is -0.138. The normalized spacial score (nSPS) is 18.2. The molecule has 3 amide bonds. The molecule has 114 valence electrons. The Bertz CT molecular complexity index is 365. The van der Waals surface area contributed by atoms with Crippen molar-refractivity contribution < 1.29 is 24.2 Å². The molecule has 1 heterocycles. The van der Waals surface area contributed by atoms with Crippen LogP contribution >= 0.6 is 0 Å². The molecule has 1 rings (SSSR count). The third-order valence-electron chi connectivity index (χ3n) is 3.23. The molecule has 1 saturated heterocycles. The summed E-state index contributed by atoms with van der Waals surface area (Å²) < 4.78 is 4.87. The van der Waals surface area contributed by atoms with Crippen molar-refractivity contribution in [2.24, 2.45) is 0 Å². The predicted molar refractivity (Wildman–Crippen MR) is 70.7 cm³/mol. The van der Waals surface area contributed by atoms with Gasteiger partial charge in [-0.2, -0.15) is 0 Å². The molecule has 0 aromatic heterocycles. The zero-order valence-corrected chi connectivity index (χ0v) is 12.0. The standard InChI is InChI=1S/C13H22N2O5/c1-13(19,6-8-20-2)9-14-10(16)5-7-15-11(17)3-4-12(15)18/h19H,3-9H2,1-2H3,(H,14,16). The Kier molecular flexibility index (Phi) is 6.09. The van der Waals surface area contributed by atoms with Crippen molar-refractivity contribution in [3.8, 4) is 0 Å². The van der Waals surface area contributed by atoms with Gasteiger partial charge in [0.2, 0.25) is 17.7 Å². The van der Waals surface area contributed by atoms with Gasteiger partial charge in [0, 0.05) is 52.5 Å². The number of carbonyl (C=O) groups is 3. The summed E-state index contributed by atoms with van der Waals surface area (Å²) in [5, 5.41) is 12.5. The Labute approximate surface area is 118 Å². The van der Waals surface area contributed by atoms with Gasteiger partial charge in [-0.1, -0.05) is 0 Å². The minimum atomic E-state index is -1.04. The smallest absolute Gasteiger partial charge is 0.229 e. The molecule has 1 aliphatic rings. The Morgan fingerprint density at radius 2 is 2.00 bits per heavy atom. The topological polar surface area (TPSA) is 95.9 Å². The van der Waals surface area contributed by atoms with Gasteiger partial charge >= 0.3 is 0 Å². The maximum Gasteiger partial charge on any atom is 0.229 e. The van der Waals surface area contributed by atoms with E-state index >= 15 is 0 Å². The third kappa shape index (κ3) is 5.26. The third-order valence-corrected chi connectivity index (χ3v) is 3.23. The van der Waals surface area contributed by atoms with Crippen LogP contribution in [0.15, 0.2) is 0 Å². The number of nitrogens with zero attached hydrogens (tertiary/aromatic N) is 1. The SMILES string of the molecule is COCCC(C)(O)CNC(=O)CCN1C(=O)CCC1=O. The van der Waals surface area contributed by atoms with Crippen molar-refractivity contribution in [1.82, 2.24) is 10.2 Å². The highest BCUT2D eigenvalue weighted by atomic mass is 16.5. The van der Waals surface area contributed by atoms with Crippen LogP contribution in [0.1, 0.15) is 32.6 Å². The van der Waals surface area contributed by atoms with Crippen molar-refractivity contribution in [2.75, 3.05) is 26.8 Å². The Balaban J connectivity index is 2.26. The molecule has 1 aliphatic heterocycles. The van der Waals surface area contributed by atoms with E-state index in [1.165, 1.54) is 0 Å².